The summed E-state index contributed by atoms with van der Waals surface area (Å²) in [6, 6.07) is 0. The van der Waals surface area contributed by atoms with Crippen LogP contribution in [-0.4, -0.2) is 15.0 Å². The van der Waals surface area contributed by atoms with Gasteiger partial charge in [0.25, 0.3) is 0 Å². The SMILES string of the molecule is C=C(CC)C(=O)OO[SiH](C)C. The highest BCUT2D eigenvalue weighted by atomic mass is 28.3. The van der Waals surface area contributed by atoms with E-state index >= 15 is 0 Å². The van der Waals surface area contributed by atoms with Crippen LogP contribution in [0.4, 0.5) is 0 Å². The summed E-state index contributed by atoms with van der Waals surface area (Å²) in [5, 5.41) is 0. The molecule has 3 nitrogen and oxygen atoms in total. The highest BCUT2D eigenvalue weighted by Crippen LogP contribution is 2.00. The first kappa shape index (κ1) is 10.4. The van der Waals surface area contributed by atoms with Crippen LogP contribution in [0.15, 0.2) is 12.2 Å². The first-order valence-electron chi connectivity index (χ1n) is 3.63. The first-order chi connectivity index (χ1) is 5.07. The summed E-state index contributed by atoms with van der Waals surface area (Å²) in [5.74, 6) is -0.450. The fourth-order valence-corrected chi connectivity index (χ4v) is 0.623. The molecule has 0 saturated heterocycles. The van der Waals surface area contributed by atoms with Gasteiger partial charge in [0.1, 0.15) is 0 Å². The molecule has 0 N–H and O–H groups in total. The largest absolute Gasteiger partial charge is 0.367 e. The van der Waals surface area contributed by atoms with E-state index < -0.39 is 15.0 Å². The van der Waals surface area contributed by atoms with Crippen molar-refractivity contribution < 1.29 is 14.3 Å². The molecule has 64 valence electrons. The summed E-state index contributed by atoms with van der Waals surface area (Å²) >= 11 is 0. The predicted octanol–water partition coefficient (Wildman–Crippen LogP) is 1.41. The topological polar surface area (TPSA) is 35.5 Å². The lowest BCUT2D eigenvalue weighted by molar-refractivity contribution is -0.211. The van der Waals surface area contributed by atoms with E-state index in [1.807, 2.05) is 20.0 Å². The Morgan fingerprint density at radius 2 is 2.09 bits per heavy atom. The van der Waals surface area contributed by atoms with Crippen LogP contribution in [0, 0.1) is 0 Å². The second-order valence-corrected chi connectivity index (χ2v) is 4.76. The molecule has 11 heavy (non-hydrogen) atoms. The fraction of sp³-hybridized carbons (Fsp3) is 0.571. The predicted molar refractivity (Wildman–Crippen MR) is 45.5 cm³/mol. The van der Waals surface area contributed by atoms with Gasteiger partial charge in [0.2, 0.25) is 9.04 Å². The van der Waals surface area contributed by atoms with Gasteiger partial charge in [0, 0.05) is 5.57 Å². The average molecular weight is 174 g/mol. The van der Waals surface area contributed by atoms with E-state index in [4.69, 9.17) is 4.58 Å². The number of rotatable bonds is 4. The summed E-state index contributed by atoms with van der Waals surface area (Å²) in [6.07, 6.45) is 0.599. The lowest BCUT2D eigenvalue weighted by Crippen LogP contribution is -2.14. The van der Waals surface area contributed by atoms with Crippen molar-refractivity contribution >= 4 is 15.0 Å². The van der Waals surface area contributed by atoms with Crippen LogP contribution in [-0.2, 0) is 14.3 Å². The monoisotopic (exact) mass is 174 g/mol. The maximum Gasteiger partial charge on any atom is 0.367 e. The van der Waals surface area contributed by atoms with Gasteiger partial charge in [0.05, 0.1) is 0 Å². The Morgan fingerprint density at radius 3 is 2.45 bits per heavy atom. The minimum Gasteiger partial charge on any atom is -0.305 e. The van der Waals surface area contributed by atoms with Gasteiger partial charge >= 0.3 is 5.97 Å². The van der Waals surface area contributed by atoms with Crippen molar-refractivity contribution in [2.24, 2.45) is 0 Å². The van der Waals surface area contributed by atoms with Gasteiger partial charge in [-0.1, -0.05) is 13.5 Å². The molecular formula is C7H14O3Si. The molecule has 0 amide bonds. The molecule has 0 saturated carbocycles. The third kappa shape index (κ3) is 4.75. The molecule has 0 heterocycles. The second-order valence-electron chi connectivity index (χ2n) is 2.47. The summed E-state index contributed by atoms with van der Waals surface area (Å²) in [4.78, 5) is 15.3. The smallest absolute Gasteiger partial charge is 0.305 e. The summed E-state index contributed by atoms with van der Waals surface area (Å²) in [7, 11) is -1.26. The number of carbonyl (C=O) groups is 1. The minimum atomic E-state index is -1.26. The van der Waals surface area contributed by atoms with Crippen molar-refractivity contribution in [1.29, 1.82) is 0 Å². The van der Waals surface area contributed by atoms with Crippen molar-refractivity contribution in [2.75, 3.05) is 0 Å². The maximum absolute atomic E-state index is 10.9. The molecule has 0 rings (SSSR count). The molecule has 0 aromatic heterocycles. The Morgan fingerprint density at radius 1 is 1.55 bits per heavy atom. The Kier molecular flexibility index (Phi) is 4.81. The van der Waals surface area contributed by atoms with Crippen molar-refractivity contribution in [3.05, 3.63) is 12.2 Å². The van der Waals surface area contributed by atoms with Crippen LogP contribution in [0.1, 0.15) is 13.3 Å². The lowest BCUT2D eigenvalue weighted by Gasteiger charge is -2.05. The van der Waals surface area contributed by atoms with Crippen molar-refractivity contribution in [3.63, 3.8) is 0 Å². The summed E-state index contributed by atoms with van der Waals surface area (Å²) in [6.45, 7) is 9.19. The van der Waals surface area contributed by atoms with E-state index in [2.05, 4.69) is 11.5 Å². The molecule has 4 heteroatoms. The van der Waals surface area contributed by atoms with Crippen LogP contribution >= 0.6 is 0 Å². The van der Waals surface area contributed by atoms with Gasteiger partial charge in [-0.05, 0) is 19.5 Å². The molecule has 0 radical (unpaired) electrons. The number of carbonyl (C=O) groups excluding carboxylic acids is 1. The standard InChI is InChI=1S/C7H14O3Si/c1-5-6(2)7(8)9-10-11(3)4/h11H,2,5H2,1,3-4H3. The molecule has 0 aromatic rings. The maximum atomic E-state index is 10.9. The molecule has 0 aliphatic rings. The molecule has 0 aliphatic carbocycles. The Hall–Kier alpha value is -0.613. The zero-order chi connectivity index (χ0) is 8.85. The van der Waals surface area contributed by atoms with Crippen LogP contribution in [0.5, 0.6) is 0 Å². The van der Waals surface area contributed by atoms with Crippen LogP contribution in [0.3, 0.4) is 0 Å². The van der Waals surface area contributed by atoms with Gasteiger partial charge in [-0.25, -0.2) is 9.37 Å². The van der Waals surface area contributed by atoms with Gasteiger partial charge < -0.3 is 4.89 Å². The Bertz CT molecular complexity index is 154. The van der Waals surface area contributed by atoms with Crippen molar-refractivity contribution in [1.82, 2.24) is 0 Å². The number of hydrogen-bond acceptors (Lipinski definition) is 3. The molecule has 0 atom stereocenters. The second kappa shape index (κ2) is 5.09. The van der Waals surface area contributed by atoms with Gasteiger partial charge in [-0.3, -0.25) is 0 Å². The molecule has 0 unspecified atom stereocenters. The quantitative estimate of drug-likeness (QED) is 0.280. The molecule has 0 spiro atoms. The Balaban J connectivity index is 3.61. The zero-order valence-electron chi connectivity index (χ0n) is 7.22. The molecule has 0 fully saturated rings. The first-order valence-corrected chi connectivity index (χ1v) is 6.41. The van der Waals surface area contributed by atoms with Gasteiger partial charge in [-0.2, -0.15) is 0 Å². The van der Waals surface area contributed by atoms with Crippen LogP contribution < -0.4 is 0 Å². The lowest BCUT2D eigenvalue weighted by atomic mass is 10.2. The van der Waals surface area contributed by atoms with E-state index in [0.29, 0.717) is 12.0 Å². The fourth-order valence-electron chi connectivity index (χ4n) is 0.343. The van der Waals surface area contributed by atoms with Gasteiger partial charge in [0.15, 0.2) is 0 Å². The molecular weight excluding hydrogens is 160 g/mol. The van der Waals surface area contributed by atoms with E-state index in [1.165, 1.54) is 0 Å². The average Bonchev–Trinajstić information content (AvgIpc) is 1.98. The van der Waals surface area contributed by atoms with E-state index in [1.54, 1.807) is 0 Å². The minimum absolute atomic E-state index is 0.444. The van der Waals surface area contributed by atoms with Crippen molar-refractivity contribution in [3.8, 4) is 0 Å². The zero-order valence-corrected chi connectivity index (χ0v) is 8.37. The number of hydrogen-bond donors (Lipinski definition) is 0. The molecule has 0 aromatic carbocycles. The third-order valence-electron chi connectivity index (χ3n) is 1.03. The molecule has 0 aliphatic heterocycles. The Labute approximate surface area is 68.7 Å². The molecule has 0 bridgehead atoms. The van der Waals surface area contributed by atoms with Gasteiger partial charge in [-0.15, -0.1) is 0 Å². The van der Waals surface area contributed by atoms with Crippen LogP contribution in [0.25, 0.3) is 0 Å². The van der Waals surface area contributed by atoms with E-state index in [-0.39, 0.29) is 0 Å². The van der Waals surface area contributed by atoms with E-state index in [0.717, 1.165) is 0 Å². The van der Waals surface area contributed by atoms with Crippen molar-refractivity contribution in [2.45, 2.75) is 26.4 Å². The summed E-state index contributed by atoms with van der Waals surface area (Å²) in [5.41, 5.74) is 0.444. The normalized spacial score (nSPS) is 9.82. The highest BCUT2D eigenvalue weighted by molar-refractivity contribution is 6.48. The van der Waals surface area contributed by atoms with E-state index in [9.17, 15) is 4.79 Å². The highest BCUT2D eigenvalue weighted by Gasteiger charge is 2.08. The summed E-state index contributed by atoms with van der Waals surface area (Å²) < 4.78 is 4.76. The van der Waals surface area contributed by atoms with Crippen LogP contribution in [0.2, 0.25) is 13.1 Å². The third-order valence-corrected chi connectivity index (χ3v) is 1.51.